The number of piperidine rings is 1. The zero-order valence-electron chi connectivity index (χ0n) is 15.2. The third-order valence-electron chi connectivity index (χ3n) is 4.55. The number of amides is 2. The normalized spacial score (nSPS) is 14.7. The summed E-state index contributed by atoms with van der Waals surface area (Å²) in [5.74, 6) is 2.21. The SMILES string of the molecule is CCOc1ccc(NC(=O)N2CCC(COc3ccccc3)CC2)cc1. The van der Waals surface area contributed by atoms with E-state index in [1.165, 1.54) is 0 Å². The smallest absolute Gasteiger partial charge is 0.321 e. The number of carbonyl (C=O) groups is 1. The van der Waals surface area contributed by atoms with Gasteiger partial charge in [-0.1, -0.05) is 18.2 Å². The molecule has 26 heavy (non-hydrogen) atoms. The van der Waals surface area contributed by atoms with E-state index in [9.17, 15) is 4.79 Å². The molecule has 0 aromatic heterocycles. The number of benzene rings is 2. The zero-order valence-corrected chi connectivity index (χ0v) is 15.2. The molecular weight excluding hydrogens is 328 g/mol. The van der Waals surface area contributed by atoms with Gasteiger partial charge in [-0.25, -0.2) is 4.79 Å². The summed E-state index contributed by atoms with van der Waals surface area (Å²) in [6, 6.07) is 17.3. The molecule has 1 N–H and O–H groups in total. The summed E-state index contributed by atoms with van der Waals surface area (Å²) in [5.41, 5.74) is 0.785. The molecule has 1 heterocycles. The van der Waals surface area contributed by atoms with Gasteiger partial charge in [0.15, 0.2) is 0 Å². The molecular formula is C21H26N2O3. The van der Waals surface area contributed by atoms with Gasteiger partial charge in [0.25, 0.3) is 0 Å². The van der Waals surface area contributed by atoms with Gasteiger partial charge < -0.3 is 19.7 Å². The Balaban J connectivity index is 1.41. The topological polar surface area (TPSA) is 50.8 Å². The summed E-state index contributed by atoms with van der Waals surface area (Å²) in [6.45, 7) is 4.80. The van der Waals surface area contributed by atoms with Crippen LogP contribution in [0.15, 0.2) is 54.6 Å². The second-order valence-electron chi connectivity index (χ2n) is 6.44. The summed E-state index contributed by atoms with van der Waals surface area (Å²) in [7, 11) is 0. The van der Waals surface area contributed by atoms with Crippen molar-refractivity contribution in [3.63, 3.8) is 0 Å². The Morgan fingerprint density at radius 1 is 1.00 bits per heavy atom. The minimum atomic E-state index is -0.0448. The van der Waals surface area contributed by atoms with Gasteiger partial charge in [-0.05, 0) is 62.1 Å². The number of hydrogen-bond donors (Lipinski definition) is 1. The maximum Gasteiger partial charge on any atom is 0.321 e. The van der Waals surface area contributed by atoms with Gasteiger partial charge in [-0.15, -0.1) is 0 Å². The number of nitrogens with one attached hydrogen (secondary N) is 1. The summed E-state index contributed by atoms with van der Waals surface area (Å²) < 4.78 is 11.3. The predicted molar refractivity (Wildman–Crippen MR) is 103 cm³/mol. The van der Waals surface area contributed by atoms with Crippen LogP contribution in [0.4, 0.5) is 10.5 Å². The van der Waals surface area contributed by atoms with Gasteiger partial charge in [0.2, 0.25) is 0 Å². The second kappa shape index (κ2) is 9.13. The summed E-state index contributed by atoms with van der Waals surface area (Å²) in [4.78, 5) is 14.3. The van der Waals surface area contributed by atoms with E-state index in [0.29, 0.717) is 19.1 Å². The first-order valence-corrected chi connectivity index (χ1v) is 9.21. The van der Waals surface area contributed by atoms with Crippen molar-refractivity contribution in [2.75, 3.05) is 31.6 Å². The van der Waals surface area contributed by atoms with Crippen LogP contribution in [0, 0.1) is 5.92 Å². The number of anilines is 1. The van der Waals surface area contributed by atoms with E-state index in [0.717, 1.165) is 43.1 Å². The highest BCUT2D eigenvalue weighted by Gasteiger charge is 2.23. The highest BCUT2D eigenvalue weighted by Crippen LogP contribution is 2.21. The number of hydrogen-bond acceptors (Lipinski definition) is 3. The van der Waals surface area contributed by atoms with Gasteiger partial charge in [0, 0.05) is 18.8 Å². The van der Waals surface area contributed by atoms with Gasteiger partial charge in [0.1, 0.15) is 11.5 Å². The molecule has 5 nitrogen and oxygen atoms in total. The number of nitrogens with zero attached hydrogens (tertiary/aromatic N) is 1. The molecule has 1 aliphatic heterocycles. The van der Waals surface area contributed by atoms with Crippen LogP contribution in [0.5, 0.6) is 11.5 Å². The molecule has 2 aromatic rings. The molecule has 1 fully saturated rings. The molecule has 2 amide bonds. The molecule has 0 spiro atoms. The Labute approximate surface area is 154 Å². The molecule has 0 saturated carbocycles. The molecule has 0 unspecified atom stereocenters. The number of likely N-dealkylation sites (tertiary alicyclic amines) is 1. The van der Waals surface area contributed by atoms with E-state index in [1.54, 1.807) is 0 Å². The molecule has 0 radical (unpaired) electrons. The third-order valence-corrected chi connectivity index (χ3v) is 4.55. The number of carbonyl (C=O) groups excluding carboxylic acids is 1. The standard InChI is InChI=1S/C21H26N2O3/c1-2-25-20-10-8-18(9-11-20)22-21(24)23-14-12-17(13-15-23)16-26-19-6-4-3-5-7-19/h3-11,17H,2,12-16H2,1H3,(H,22,24). The van der Waals surface area contributed by atoms with Crippen molar-refractivity contribution in [1.82, 2.24) is 4.90 Å². The molecule has 138 valence electrons. The van der Waals surface area contributed by atoms with Crippen LogP contribution in [0.2, 0.25) is 0 Å². The number of para-hydroxylation sites is 1. The molecule has 0 atom stereocenters. The first-order valence-electron chi connectivity index (χ1n) is 9.21. The van der Waals surface area contributed by atoms with Crippen LogP contribution in [0.1, 0.15) is 19.8 Å². The van der Waals surface area contributed by atoms with Crippen molar-refractivity contribution < 1.29 is 14.3 Å². The van der Waals surface area contributed by atoms with E-state index in [4.69, 9.17) is 9.47 Å². The van der Waals surface area contributed by atoms with E-state index < -0.39 is 0 Å². The highest BCUT2D eigenvalue weighted by molar-refractivity contribution is 5.89. The Bertz CT molecular complexity index is 680. The summed E-state index contributed by atoms with van der Waals surface area (Å²) in [5, 5.41) is 2.95. The van der Waals surface area contributed by atoms with E-state index in [2.05, 4.69) is 5.32 Å². The quantitative estimate of drug-likeness (QED) is 0.836. The largest absolute Gasteiger partial charge is 0.494 e. The zero-order chi connectivity index (χ0) is 18.2. The van der Waals surface area contributed by atoms with Gasteiger partial charge >= 0.3 is 6.03 Å². The maximum atomic E-state index is 12.4. The van der Waals surface area contributed by atoms with Crippen LogP contribution in [0.25, 0.3) is 0 Å². The van der Waals surface area contributed by atoms with Crippen LogP contribution in [0.3, 0.4) is 0 Å². The fourth-order valence-corrected chi connectivity index (χ4v) is 3.04. The fraction of sp³-hybridized carbons (Fsp3) is 0.381. The Morgan fingerprint density at radius 3 is 2.31 bits per heavy atom. The van der Waals surface area contributed by atoms with Crippen LogP contribution in [-0.2, 0) is 0 Å². The van der Waals surface area contributed by atoms with Crippen LogP contribution < -0.4 is 14.8 Å². The number of rotatable bonds is 6. The molecule has 2 aromatic carbocycles. The Kier molecular flexibility index (Phi) is 6.36. The van der Waals surface area contributed by atoms with E-state index in [1.807, 2.05) is 66.4 Å². The van der Waals surface area contributed by atoms with Gasteiger partial charge in [-0.2, -0.15) is 0 Å². The van der Waals surface area contributed by atoms with Crippen molar-refractivity contribution in [3.05, 3.63) is 54.6 Å². The summed E-state index contributed by atoms with van der Waals surface area (Å²) in [6.07, 6.45) is 1.92. The molecule has 3 rings (SSSR count). The minimum Gasteiger partial charge on any atom is -0.494 e. The van der Waals surface area contributed by atoms with Crippen molar-refractivity contribution in [2.24, 2.45) is 5.92 Å². The van der Waals surface area contributed by atoms with Crippen LogP contribution in [-0.4, -0.2) is 37.2 Å². The summed E-state index contributed by atoms with van der Waals surface area (Å²) >= 11 is 0. The Hall–Kier alpha value is -2.69. The van der Waals surface area contributed by atoms with Crippen molar-refractivity contribution in [3.8, 4) is 11.5 Å². The molecule has 0 bridgehead atoms. The lowest BCUT2D eigenvalue weighted by Crippen LogP contribution is -2.42. The minimum absolute atomic E-state index is 0.0448. The lowest BCUT2D eigenvalue weighted by molar-refractivity contribution is 0.152. The fourth-order valence-electron chi connectivity index (χ4n) is 3.04. The molecule has 5 heteroatoms. The molecule has 0 aliphatic carbocycles. The second-order valence-corrected chi connectivity index (χ2v) is 6.44. The maximum absolute atomic E-state index is 12.4. The van der Waals surface area contributed by atoms with E-state index >= 15 is 0 Å². The van der Waals surface area contributed by atoms with Crippen molar-refractivity contribution in [1.29, 1.82) is 0 Å². The highest BCUT2D eigenvalue weighted by atomic mass is 16.5. The molecule has 1 aliphatic rings. The van der Waals surface area contributed by atoms with Gasteiger partial charge in [0.05, 0.1) is 13.2 Å². The first-order chi connectivity index (χ1) is 12.7. The first kappa shape index (κ1) is 18.1. The average Bonchev–Trinajstić information content (AvgIpc) is 2.69. The van der Waals surface area contributed by atoms with Gasteiger partial charge in [-0.3, -0.25) is 0 Å². The lowest BCUT2D eigenvalue weighted by atomic mass is 9.98. The predicted octanol–water partition coefficient (Wildman–Crippen LogP) is 4.41. The monoisotopic (exact) mass is 354 g/mol. The van der Waals surface area contributed by atoms with Crippen LogP contribution >= 0.6 is 0 Å². The van der Waals surface area contributed by atoms with E-state index in [-0.39, 0.29) is 6.03 Å². The molecule has 1 saturated heterocycles. The van der Waals surface area contributed by atoms with Crippen molar-refractivity contribution in [2.45, 2.75) is 19.8 Å². The Morgan fingerprint density at radius 2 is 1.65 bits per heavy atom. The average molecular weight is 354 g/mol. The number of ether oxygens (including phenoxy) is 2. The number of urea groups is 1. The lowest BCUT2D eigenvalue weighted by Gasteiger charge is -2.31. The third kappa shape index (κ3) is 5.15. The van der Waals surface area contributed by atoms with Crippen molar-refractivity contribution >= 4 is 11.7 Å².